The Balaban J connectivity index is 1.30. The summed E-state index contributed by atoms with van der Waals surface area (Å²) in [5.41, 5.74) is 0.863. The van der Waals surface area contributed by atoms with Crippen molar-refractivity contribution in [2.24, 2.45) is 5.92 Å². The highest BCUT2D eigenvalue weighted by atomic mass is 16.5. The fourth-order valence-corrected chi connectivity index (χ4v) is 4.52. The summed E-state index contributed by atoms with van der Waals surface area (Å²) >= 11 is 0. The number of morpholine rings is 1. The van der Waals surface area contributed by atoms with Crippen LogP contribution in [0.15, 0.2) is 22.7 Å². The summed E-state index contributed by atoms with van der Waals surface area (Å²) < 4.78 is 11.0. The molecule has 0 spiro atoms. The number of rotatable bonds is 3. The van der Waals surface area contributed by atoms with Crippen LogP contribution in [-0.4, -0.2) is 78.6 Å². The van der Waals surface area contributed by atoms with Crippen LogP contribution in [0.3, 0.4) is 0 Å². The Morgan fingerprint density at radius 1 is 1.14 bits per heavy atom. The molecule has 3 aliphatic rings. The minimum absolute atomic E-state index is 0.155. The normalized spacial score (nSPS) is 27.1. The first-order valence-corrected chi connectivity index (χ1v) is 9.95. The number of ether oxygens (including phenoxy) is 1. The number of carbonyl (C=O) groups excluding carboxylic acids is 2. The minimum Gasteiger partial charge on any atom is -0.449 e. The Labute approximate surface area is 162 Å². The molecule has 3 fully saturated rings. The molecule has 0 saturated carbocycles. The number of pyridine rings is 1. The zero-order chi connectivity index (χ0) is 19.1. The Morgan fingerprint density at radius 3 is 2.82 bits per heavy atom. The van der Waals surface area contributed by atoms with Crippen LogP contribution in [0.2, 0.25) is 0 Å². The first kappa shape index (κ1) is 17.6. The van der Waals surface area contributed by atoms with Gasteiger partial charge in [-0.2, -0.15) is 0 Å². The van der Waals surface area contributed by atoms with Crippen LogP contribution in [0.4, 0.5) is 0 Å². The van der Waals surface area contributed by atoms with Crippen molar-refractivity contribution in [1.29, 1.82) is 0 Å². The van der Waals surface area contributed by atoms with E-state index in [1.165, 1.54) is 12.6 Å². The highest BCUT2D eigenvalue weighted by Gasteiger charge is 2.33. The third kappa shape index (κ3) is 3.38. The van der Waals surface area contributed by atoms with E-state index < -0.39 is 0 Å². The average Bonchev–Trinajstić information content (AvgIpc) is 3.30. The summed E-state index contributed by atoms with van der Waals surface area (Å²) in [5, 5.41) is 3.83. The molecule has 5 rings (SSSR count). The summed E-state index contributed by atoms with van der Waals surface area (Å²) in [4.78, 5) is 33.6. The average molecular weight is 384 g/mol. The van der Waals surface area contributed by atoms with Crippen molar-refractivity contribution >= 4 is 22.8 Å². The SMILES string of the molecule is O=C(NC1CC2CCN(C2)C1)c1cc2cc(C(=O)N3CCOCC3)oc2cn1. The molecule has 2 amide bonds. The van der Waals surface area contributed by atoms with Crippen LogP contribution in [0.25, 0.3) is 11.0 Å². The molecular formula is C20H24N4O4. The lowest BCUT2D eigenvalue weighted by atomic mass is 9.97. The van der Waals surface area contributed by atoms with Crippen molar-refractivity contribution in [1.82, 2.24) is 20.1 Å². The first-order valence-electron chi connectivity index (χ1n) is 9.95. The van der Waals surface area contributed by atoms with Crippen molar-refractivity contribution in [2.45, 2.75) is 18.9 Å². The Bertz CT molecular complexity index is 893. The molecule has 0 aromatic carbocycles. The van der Waals surface area contributed by atoms with Crippen molar-refractivity contribution in [2.75, 3.05) is 45.9 Å². The monoisotopic (exact) mass is 384 g/mol. The van der Waals surface area contributed by atoms with Gasteiger partial charge in [-0.3, -0.25) is 9.59 Å². The predicted molar refractivity (Wildman–Crippen MR) is 101 cm³/mol. The molecule has 3 unspecified atom stereocenters. The maximum Gasteiger partial charge on any atom is 0.289 e. The molecule has 0 radical (unpaired) electrons. The van der Waals surface area contributed by atoms with Gasteiger partial charge in [0.2, 0.25) is 0 Å². The summed E-state index contributed by atoms with van der Waals surface area (Å²) in [6, 6.07) is 3.56. The zero-order valence-corrected chi connectivity index (χ0v) is 15.7. The molecule has 3 atom stereocenters. The molecule has 3 saturated heterocycles. The van der Waals surface area contributed by atoms with Crippen LogP contribution in [0.5, 0.6) is 0 Å². The molecular weight excluding hydrogens is 360 g/mol. The van der Waals surface area contributed by atoms with E-state index in [4.69, 9.17) is 9.15 Å². The van der Waals surface area contributed by atoms with Gasteiger partial charge < -0.3 is 24.3 Å². The van der Waals surface area contributed by atoms with Gasteiger partial charge in [0.05, 0.1) is 19.4 Å². The standard InChI is InChI=1S/C20H24N4O4/c25-19(22-15-7-13-1-2-23(11-13)12-15)16-8-14-9-17(28-18(14)10-21-16)20(26)24-3-5-27-6-4-24/h8-10,13,15H,1-7,11-12H2,(H,22,25). The number of nitrogens with zero attached hydrogens (tertiary/aromatic N) is 3. The van der Waals surface area contributed by atoms with E-state index in [1.807, 2.05) is 0 Å². The van der Waals surface area contributed by atoms with Crippen molar-refractivity contribution in [3.05, 3.63) is 29.8 Å². The summed E-state index contributed by atoms with van der Waals surface area (Å²) in [5.74, 6) is 0.638. The van der Waals surface area contributed by atoms with Gasteiger partial charge in [0.1, 0.15) is 5.69 Å². The Hall–Kier alpha value is -2.45. The van der Waals surface area contributed by atoms with Gasteiger partial charge >= 0.3 is 0 Å². The molecule has 148 valence electrons. The molecule has 5 heterocycles. The third-order valence-electron chi connectivity index (χ3n) is 5.95. The van der Waals surface area contributed by atoms with E-state index in [0.29, 0.717) is 48.9 Å². The molecule has 2 aromatic rings. The van der Waals surface area contributed by atoms with E-state index in [0.717, 1.165) is 26.1 Å². The molecule has 28 heavy (non-hydrogen) atoms. The van der Waals surface area contributed by atoms with Gasteiger partial charge in [-0.1, -0.05) is 0 Å². The second kappa shape index (κ2) is 7.18. The number of hydrogen-bond acceptors (Lipinski definition) is 6. The van der Waals surface area contributed by atoms with Crippen molar-refractivity contribution in [3.63, 3.8) is 0 Å². The topological polar surface area (TPSA) is 87.9 Å². The van der Waals surface area contributed by atoms with Gasteiger partial charge in [0, 0.05) is 37.6 Å². The van der Waals surface area contributed by atoms with E-state index in [-0.39, 0.29) is 23.6 Å². The third-order valence-corrected chi connectivity index (χ3v) is 5.95. The molecule has 0 aliphatic carbocycles. The summed E-state index contributed by atoms with van der Waals surface area (Å²) in [7, 11) is 0. The number of amides is 2. The molecule has 8 heteroatoms. The minimum atomic E-state index is -0.170. The molecule has 8 nitrogen and oxygen atoms in total. The summed E-state index contributed by atoms with van der Waals surface area (Å²) in [6.45, 7) is 5.40. The number of fused-ring (bicyclic) bond motifs is 3. The van der Waals surface area contributed by atoms with Crippen molar-refractivity contribution < 1.29 is 18.7 Å². The van der Waals surface area contributed by atoms with E-state index in [1.54, 1.807) is 17.0 Å². The molecule has 3 aliphatic heterocycles. The van der Waals surface area contributed by atoms with Gasteiger partial charge in [-0.15, -0.1) is 0 Å². The maximum absolute atomic E-state index is 12.7. The second-order valence-corrected chi connectivity index (χ2v) is 7.94. The Kier molecular flexibility index (Phi) is 4.52. The van der Waals surface area contributed by atoms with Crippen LogP contribution in [0.1, 0.15) is 33.9 Å². The molecule has 2 aromatic heterocycles. The smallest absolute Gasteiger partial charge is 0.289 e. The number of aromatic nitrogens is 1. The van der Waals surface area contributed by atoms with E-state index in [9.17, 15) is 9.59 Å². The predicted octanol–water partition coefficient (Wildman–Crippen LogP) is 1.12. The summed E-state index contributed by atoms with van der Waals surface area (Å²) in [6.07, 6.45) is 3.79. The van der Waals surface area contributed by atoms with Crippen LogP contribution in [0, 0.1) is 5.92 Å². The molecule has 1 N–H and O–H groups in total. The number of piperidine rings is 1. The second-order valence-electron chi connectivity index (χ2n) is 7.94. The zero-order valence-electron chi connectivity index (χ0n) is 15.7. The fourth-order valence-electron chi connectivity index (χ4n) is 4.52. The van der Waals surface area contributed by atoms with Gasteiger partial charge in [-0.25, -0.2) is 4.98 Å². The van der Waals surface area contributed by atoms with Gasteiger partial charge in [0.25, 0.3) is 11.8 Å². The first-order chi connectivity index (χ1) is 13.7. The highest BCUT2D eigenvalue weighted by molar-refractivity contribution is 5.99. The van der Waals surface area contributed by atoms with E-state index >= 15 is 0 Å². The van der Waals surface area contributed by atoms with Crippen LogP contribution < -0.4 is 5.32 Å². The number of hydrogen-bond donors (Lipinski definition) is 1. The lowest BCUT2D eigenvalue weighted by Gasteiger charge is -2.30. The highest BCUT2D eigenvalue weighted by Crippen LogP contribution is 2.27. The van der Waals surface area contributed by atoms with Gasteiger partial charge in [-0.05, 0) is 37.4 Å². The van der Waals surface area contributed by atoms with Gasteiger partial charge in [0.15, 0.2) is 11.3 Å². The van der Waals surface area contributed by atoms with Crippen LogP contribution in [-0.2, 0) is 4.74 Å². The van der Waals surface area contributed by atoms with Crippen molar-refractivity contribution in [3.8, 4) is 0 Å². The van der Waals surface area contributed by atoms with E-state index in [2.05, 4.69) is 15.2 Å². The fraction of sp³-hybridized carbons (Fsp3) is 0.550. The number of furan rings is 1. The quantitative estimate of drug-likeness (QED) is 0.853. The lowest BCUT2D eigenvalue weighted by molar-refractivity contribution is 0.0284. The Morgan fingerprint density at radius 2 is 2.00 bits per heavy atom. The number of nitrogens with one attached hydrogen (secondary N) is 1. The van der Waals surface area contributed by atoms with Crippen LogP contribution >= 0.6 is 0 Å². The molecule has 2 bridgehead atoms. The number of carbonyl (C=O) groups is 2. The lowest BCUT2D eigenvalue weighted by Crippen LogP contribution is -2.47. The maximum atomic E-state index is 12.7. The largest absolute Gasteiger partial charge is 0.449 e.